The van der Waals surface area contributed by atoms with Crippen LogP contribution in [0.4, 0.5) is 0 Å². The lowest BCUT2D eigenvalue weighted by Gasteiger charge is -1.94. The van der Waals surface area contributed by atoms with Gasteiger partial charge in [0, 0.05) is 12.0 Å². The van der Waals surface area contributed by atoms with Gasteiger partial charge in [0.15, 0.2) is 0 Å². The van der Waals surface area contributed by atoms with Gasteiger partial charge in [-0.15, -0.1) is 6.58 Å². The van der Waals surface area contributed by atoms with Gasteiger partial charge in [-0.25, -0.2) is 0 Å². The lowest BCUT2D eigenvalue weighted by Crippen LogP contribution is -1.89. The molecule has 1 rings (SSSR count). The molecule has 114 valence electrons. The maximum atomic E-state index is 5.81. The fraction of sp³-hybridized carbons (Fsp3) is 0.333. The smallest absolute Gasteiger partial charge is 0.0604 e. The molecule has 0 fully saturated rings. The Hall–Kier alpha value is -0.630. The first kappa shape index (κ1) is 24.4. The lowest BCUT2D eigenvalue weighted by atomic mass is 10.2. The van der Waals surface area contributed by atoms with Gasteiger partial charge in [-0.05, 0) is 45.6 Å². The molecule has 0 saturated heterocycles. The molecule has 5 heteroatoms. The maximum absolute atomic E-state index is 5.81. The average Bonchev–Trinajstić information content (AvgIpc) is 2.48. The summed E-state index contributed by atoms with van der Waals surface area (Å²) >= 11 is 15.1. The Labute approximate surface area is 139 Å². The molecule has 0 aliphatic heterocycles. The molecule has 0 aromatic heterocycles. The van der Waals surface area contributed by atoms with Crippen molar-refractivity contribution in [1.29, 1.82) is 0 Å². The number of nitrogens with two attached hydrogens (primary N) is 1. The summed E-state index contributed by atoms with van der Waals surface area (Å²) in [7, 11) is 5.25. The van der Waals surface area contributed by atoms with Gasteiger partial charge in [-0.2, -0.15) is 12.6 Å². The fourth-order valence-electron chi connectivity index (χ4n) is 0.799. The zero-order valence-corrected chi connectivity index (χ0v) is 14.9. The fourth-order valence-corrected chi connectivity index (χ4v) is 1.10. The molecule has 3 N–H and O–H groups in total. The molecule has 2 nitrogen and oxygen atoms in total. The first-order valence-corrected chi connectivity index (χ1v) is 7.46. The van der Waals surface area contributed by atoms with Crippen LogP contribution in [0.25, 0.3) is 0 Å². The van der Waals surface area contributed by atoms with Crippen LogP contribution in [0.5, 0.6) is 0 Å². The van der Waals surface area contributed by atoms with Crippen LogP contribution in [0.3, 0.4) is 0 Å². The summed E-state index contributed by atoms with van der Waals surface area (Å²) in [6.45, 7) is 3.57. The Morgan fingerprint density at radius 2 is 1.75 bits per heavy atom. The van der Waals surface area contributed by atoms with Crippen LogP contribution in [0.1, 0.15) is 12.0 Å². The van der Waals surface area contributed by atoms with Crippen LogP contribution < -0.4 is 11.1 Å². The molecule has 0 bridgehead atoms. The van der Waals surface area contributed by atoms with Gasteiger partial charge < -0.3 is 11.1 Å². The molecule has 1 aromatic carbocycles. The summed E-state index contributed by atoms with van der Waals surface area (Å²) in [4.78, 5) is 0. The molecule has 0 heterocycles. The number of nitrogens with one attached hydrogen (secondary N) is 1. The normalized spacial score (nSPS) is 7.20. The van der Waals surface area contributed by atoms with Crippen molar-refractivity contribution in [3.8, 4) is 11.8 Å². The van der Waals surface area contributed by atoms with Crippen molar-refractivity contribution in [1.82, 2.24) is 5.32 Å². The van der Waals surface area contributed by atoms with Gasteiger partial charge in [0.2, 0.25) is 0 Å². The summed E-state index contributed by atoms with van der Waals surface area (Å²) < 4.78 is 0. The third-order valence-corrected chi connectivity index (χ3v) is 2.14. The number of hydrogen-bond donors (Lipinski definition) is 3. The SMILES string of the molecule is C=CCC#Cc1ccc(Cl)c(Cl)c1.CN.CNC.CS. The van der Waals surface area contributed by atoms with Gasteiger partial charge in [0.25, 0.3) is 0 Å². The minimum Gasteiger partial charge on any atom is -0.333 e. The van der Waals surface area contributed by atoms with E-state index in [0.29, 0.717) is 16.5 Å². The average molecular weight is 335 g/mol. The van der Waals surface area contributed by atoms with Crippen molar-refractivity contribution in [3.63, 3.8) is 0 Å². The molecule has 0 aliphatic rings. The zero-order valence-electron chi connectivity index (χ0n) is 12.5. The zero-order chi connectivity index (χ0) is 16.4. The lowest BCUT2D eigenvalue weighted by molar-refractivity contribution is 1.02. The second kappa shape index (κ2) is 20.7. The van der Waals surface area contributed by atoms with Gasteiger partial charge in [-0.3, -0.25) is 0 Å². The number of thiol groups is 1. The minimum absolute atomic E-state index is 0.534. The predicted octanol–water partition coefficient (Wildman–Crippen LogP) is 3.88. The number of benzene rings is 1. The third kappa shape index (κ3) is 15.4. The first-order valence-electron chi connectivity index (χ1n) is 5.81. The molecule has 0 aliphatic carbocycles. The van der Waals surface area contributed by atoms with Crippen molar-refractivity contribution >= 4 is 35.8 Å². The van der Waals surface area contributed by atoms with E-state index < -0.39 is 0 Å². The number of rotatable bonds is 1. The standard InChI is InChI=1S/C11H8Cl2.C2H7N.CH5N.CH4S/c1-2-3-4-5-9-6-7-10(12)11(13)8-9;1-3-2;2*1-2/h2,6-8H,1,3H2;3H,1-2H3;2H2,1H3;2H,1H3. The Bertz CT molecular complexity index is 399. The summed E-state index contributed by atoms with van der Waals surface area (Å²) in [5.41, 5.74) is 5.37. The second-order valence-electron chi connectivity index (χ2n) is 2.92. The van der Waals surface area contributed by atoms with Crippen molar-refractivity contribution in [2.45, 2.75) is 6.42 Å². The maximum Gasteiger partial charge on any atom is 0.0604 e. The van der Waals surface area contributed by atoms with E-state index in [-0.39, 0.29) is 0 Å². The van der Waals surface area contributed by atoms with E-state index >= 15 is 0 Å². The highest BCUT2D eigenvalue weighted by molar-refractivity contribution is 7.79. The van der Waals surface area contributed by atoms with Gasteiger partial charge in [0.05, 0.1) is 10.0 Å². The Kier molecular flexibility index (Phi) is 25.2. The first-order chi connectivity index (χ1) is 9.65. The third-order valence-electron chi connectivity index (χ3n) is 1.40. The van der Waals surface area contributed by atoms with Crippen LogP contribution in [0, 0.1) is 11.8 Å². The minimum atomic E-state index is 0.534. The number of hydrogen-bond acceptors (Lipinski definition) is 3. The molecule has 0 spiro atoms. The molecule has 1 aromatic rings. The van der Waals surface area contributed by atoms with Crippen molar-refractivity contribution in [2.75, 3.05) is 27.4 Å². The van der Waals surface area contributed by atoms with Gasteiger partial charge in [-0.1, -0.05) is 41.1 Å². The van der Waals surface area contributed by atoms with Crippen LogP contribution in [-0.4, -0.2) is 27.4 Å². The molecule has 0 atom stereocenters. The number of halogens is 2. The quantitative estimate of drug-likeness (QED) is 0.414. The Morgan fingerprint density at radius 1 is 1.25 bits per heavy atom. The molecule has 0 amide bonds. The Morgan fingerprint density at radius 3 is 2.15 bits per heavy atom. The summed E-state index contributed by atoms with van der Waals surface area (Å²) in [6.07, 6.45) is 4.13. The van der Waals surface area contributed by atoms with Crippen LogP contribution in [0.15, 0.2) is 30.9 Å². The van der Waals surface area contributed by atoms with Crippen molar-refractivity contribution in [3.05, 3.63) is 46.5 Å². The summed E-state index contributed by atoms with van der Waals surface area (Å²) in [5.74, 6) is 5.88. The largest absolute Gasteiger partial charge is 0.333 e. The van der Waals surface area contributed by atoms with Crippen LogP contribution >= 0.6 is 35.8 Å². The van der Waals surface area contributed by atoms with Crippen molar-refractivity contribution < 1.29 is 0 Å². The highest BCUT2D eigenvalue weighted by Crippen LogP contribution is 2.21. The van der Waals surface area contributed by atoms with Crippen LogP contribution in [-0.2, 0) is 0 Å². The van der Waals surface area contributed by atoms with E-state index in [2.05, 4.69) is 42.1 Å². The molecule has 0 radical (unpaired) electrons. The predicted molar refractivity (Wildman–Crippen MR) is 98.2 cm³/mol. The van der Waals surface area contributed by atoms with E-state index in [1.807, 2.05) is 20.2 Å². The van der Waals surface area contributed by atoms with E-state index in [0.717, 1.165) is 5.56 Å². The van der Waals surface area contributed by atoms with Crippen molar-refractivity contribution in [2.24, 2.45) is 5.73 Å². The van der Waals surface area contributed by atoms with E-state index in [1.54, 1.807) is 24.5 Å². The molecular formula is C15H24Cl2N2S. The van der Waals surface area contributed by atoms with E-state index in [4.69, 9.17) is 23.2 Å². The molecule has 0 unspecified atom stereocenters. The molecule has 0 saturated carbocycles. The van der Waals surface area contributed by atoms with Gasteiger partial charge >= 0.3 is 0 Å². The topological polar surface area (TPSA) is 38.0 Å². The van der Waals surface area contributed by atoms with Crippen LogP contribution in [0.2, 0.25) is 10.0 Å². The van der Waals surface area contributed by atoms with Gasteiger partial charge in [0.1, 0.15) is 0 Å². The molecule has 20 heavy (non-hydrogen) atoms. The summed E-state index contributed by atoms with van der Waals surface area (Å²) in [5, 5.41) is 3.84. The number of allylic oxidation sites excluding steroid dienone is 1. The summed E-state index contributed by atoms with van der Waals surface area (Å²) in [6, 6.07) is 5.33. The Balaban J connectivity index is -0.000000355. The second-order valence-corrected chi connectivity index (χ2v) is 3.74. The highest BCUT2D eigenvalue weighted by Gasteiger charge is 1.95. The van der Waals surface area contributed by atoms with E-state index in [9.17, 15) is 0 Å². The highest BCUT2D eigenvalue weighted by atomic mass is 35.5. The molecular weight excluding hydrogens is 311 g/mol. The van der Waals surface area contributed by atoms with E-state index in [1.165, 1.54) is 7.05 Å². The monoisotopic (exact) mass is 334 g/mol.